The van der Waals surface area contributed by atoms with E-state index in [1.54, 1.807) is 59.3 Å². The smallest absolute Gasteiger partial charge is 0.445 e. The molecule has 8 rings (SSSR count). The van der Waals surface area contributed by atoms with Gasteiger partial charge in [-0.1, -0.05) is 30.8 Å². The Kier molecular flexibility index (Phi) is 10.6. The van der Waals surface area contributed by atoms with Gasteiger partial charge in [-0.25, -0.2) is 4.98 Å². The molecule has 0 spiro atoms. The molecule has 3 aliphatic heterocycles. The number of piperazine rings is 1. The van der Waals surface area contributed by atoms with Crippen molar-refractivity contribution in [2.24, 2.45) is 0 Å². The van der Waals surface area contributed by atoms with Crippen molar-refractivity contribution in [3.05, 3.63) is 102 Å². The molecule has 16 heteroatoms. The topological polar surface area (TPSA) is 155 Å². The number of alkyl halides is 2. The number of anilines is 2. The summed E-state index contributed by atoms with van der Waals surface area (Å²) in [7, 11) is 1.77. The van der Waals surface area contributed by atoms with Gasteiger partial charge in [-0.3, -0.25) is 28.9 Å². The molecule has 5 heterocycles. The molecule has 0 unspecified atom stereocenters. The summed E-state index contributed by atoms with van der Waals surface area (Å²) in [6.45, 7) is 6.98. The number of benzene rings is 2. The number of fused-ring (bicyclic) bond motifs is 1. The van der Waals surface area contributed by atoms with Crippen LogP contribution in [0.25, 0.3) is 11.3 Å². The number of aryl methyl sites for hydroxylation is 2. The molecule has 1 saturated carbocycles. The first-order valence-electron chi connectivity index (χ1n) is 19.9. The van der Waals surface area contributed by atoms with Crippen LogP contribution in [0.4, 0.5) is 20.5 Å². The van der Waals surface area contributed by atoms with E-state index in [9.17, 15) is 32.8 Å². The first-order chi connectivity index (χ1) is 28.7. The molecular formula is C44H44F2N6O8. The van der Waals surface area contributed by atoms with Gasteiger partial charge < -0.3 is 33.9 Å². The van der Waals surface area contributed by atoms with Gasteiger partial charge in [0.25, 0.3) is 5.91 Å². The number of carbonyl (C=O) groups excluding carboxylic acids is 5. The summed E-state index contributed by atoms with van der Waals surface area (Å²) in [5.41, 5.74) is 2.23. The van der Waals surface area contributed by atoms with Crippen LogP contribution in [0, 0.1) is 6.92 Å². The number of furan rings is 1. The van der Waals surface area contributed by atoms with Crippen LogP contribution in [0.2, 0.25) is 0 Å². The van der Waals surface area contributed by atoms with Crippen LogP contribution in [-0.4, -0.2) is 101 Å². The molecule has 5 amide bonds. The summed E-state index contributed by atoms with van der Waals surface area (Å²) in [5.74, 6) is 0.0395. The van der Waals surface area contributed by atoms with Gasteiger partial charge in [0, 0.05) is 69.3 Å². The Bertz CT molecular complexity index is 2390. The van der Waals surface area contributed by atoms with Crippen LogP contribution in [0.3, 0.4) is 0 Å². The van der Waals surface area contributed by atoms with Crippen molar-refractivity contribution in [3.63, 3.8) is 0 Å². The highest BCUT2D eigenvalue weighted by atomic mass is 19.3. The normalized spacial score (nSPS) is 17.9. The number of nitrogens with one attached hydrogen (secondary N) is 1. The van der Waals surface area contributed by atoms with Crippen molar-refractivity contribution in [1.29, 1.82) is 0 Å². The maximum Gasteiger partial charge on any atom is 0.586 e. The Balaban J connectivity index is 0.841. The number of aromatic nitrogens is 1. The fourth-order valence-corrected chi connectivity index (χ4v) is 8.07. The van der Waals surface area contributed by atoms with Gasteiger partial charge in [-0.2, -0.15) is 0 Å². The molecule has 60 heavy (non-hydrogen) atoms. The zero-order valence-corrected chi connectivity index (χ0v) is 33.2. The Labute approximate surface area is 344 Å². The highest BCUT2D eigenvalue weighted by Crippen LogP contribution is 2.52. The van der Waals surface area contributed by atoms with Gasteiger partial charge in [0.05, 0.1) is 11.1 Å². The molecule has 14 nitrogen and oxygen atoms in total. The molecule has 2 aromatic carbocycles. The van der Waals surface area contributed by atoms with Crippen LogP contribution in [0.1, 0.15) is 59.3 Å². The molecule has 0 radical (unpaired) electrons. The number of piperidine rings is 1. The molecule has 0 bridgehead atoms. The van der Waals surface area contributed by atoms with E-state index in [-0.39, 0.29) is 60.0 Å². The number of likely N-dealkylation sites (tertiary alicyclic amines) is 1. The quantitative estimate of drug-likeness (QED) is 0.188. The van der Waals surface area contributed by atoms with Gasteiger partial charge in [0.1, 0.15) is 18.1 Å². The molecule has 0 atom stereocenters. The lowest BCUT2D eigenvalue weighted by atomic mass is 9.94. The van der Waals surface area contributed by atoms with Crippen LogP contribution >= 0.6 is 0 Å². The first kappa shape index (κ1) is 40.2. The lowest BCUT2D eigenvalue weighted by Crippen LogP contribution is -2.52. The monoisotopic (exact) mass is 822 g/mol. The van der Waals surface area contributed by atoms with Crippen molar-refractivity contribution in [2.45, 2.75) is 63.2 Å². The van der Waals surface area contributed by atoms with E-state index in [0.717, 1.165) is 5.56 Å². The molecule has 4 aromatic rings. The summed E-state index contributed by atoms with van der Waals surface area (Å²) >= 11 is 0. The second-order valence-corrected chi connectivity index (χ2v) is 15.6. The number of amides is 5. The van der Waals surface area contributed by atoms with Gasteiger partial charge in [-0.05, 0) is 86.2 Å². The number of hydrogen-bond donors (Lipinski definition) is 1. The molecule has 312 valence electrons. The second kappa shape index (κ2) is 15.9. The van der Waals surface area contributed by atoms with E-state index >= 15 is 0 Å². The predicted molar refractivity (Wildman–Crippen MR) is 214 cm³/mol. The van der Waals surface area contributed by atoms with Gasteiger partial charge in [0.15, 0.2) is 11.5 Å². The molecule has 2 saturated heterocycles. The SMILES string of the molecule is C=CC(=O)N1CCN(c2ccc(CCC(=O)N3CCC(N(C)C(=O)c4cccc(-c5nc(NC(=O)C6(c7ccc8c(c7)OC(F)(F)O8)CC6)ccc5C)c4)CC3)o2)C(=O)C1. The average Bonchev–Trinajstić information content (AvgIpc) is 3.83. The lowest BCUT2D eigenvalue weighted by Gasteiger charge is -2.37. The van der Waals surface area contributed by atoms with Crippen LogP contribution < -0.4 is 19.7 Å². The zero-order valence-electron chi connectivity index (χ0n) is 33.2. The lowest BCUT2D eigenvalue weighted by molar-refractivity contribution is -0.286. The van der Waals surface area contributed by atoms with Crippen molar-refractivity contribution < 1.29 is 46.6 Å². The Morgan fingerprint density at radius 2 is 1.72 bits per heavy atom. The largest absolute Gasteiger partial charge is 0.586 e. The number of ether oxygens (including phenoxy) is 2. The fourth-order valence-electron chi connectivity index (χ4n) is 8.07. The number of pyridine rings is 1. The fraction of sp³-hybridized carbons (Fsp3) is 0.364. The van der Waals surface area contributed by atoms with Crippen molar-refractivity contribution >= 4 is 41.2 Å². The predicted octanol–water partition coefficient (Wildman–Crippen LogP) is 5.70. The zero-order chi connectivity index (χ0) is 42.3. The Morgan fingerprint density at radius 3 is 2.45 bits per heavy atom. The van der Waals surface area contributed by atoms with E-state index in [2.05, 4.69) is 21.4 Å². The summed E-state index contributed by atoms with van der Waals surface area (Å²) in [6, 6.07) is 18.5. The maximum absolute atomic E-state index is 13.8. The highest BCUT2D eigenvalue weighted by Gasteiger charge is 2.53. The van der Waals surface area contributed by atoms with E-state index in [0.29, 0.717) is 98.1 Å². The molecular weight excluding hydrogens is 779 g/mol. The summed E-state index contributed by atoms with van der Waals surface area (Å²) < 4.78 is 42.3. The van der Waals surface area contributed by atoms with Gasteiger partial charge >= 0.3 is 6.29 Å². The van der Waals surface area contributed by atoms with E-state index < -0.39 is 11.7 Å². The van der Waals surface area contributed by atoms with Crippen LogP contribution in [-0.2, 0) is 31.0 Å². The average molecular weight is 823 g/mol. The van der Waals surface area contributed by atoms with E-state index in [1.165, 1.54) is 28.0 Å². The number of rotatable bonds is 11. The number of carbonyl (C=O) groups is 5. The second-order valence-electron chi connectivity index (χ2n) is 15.6. The van der Waals surface area contributed by atoms with Crippen molar-refractivity contribution in [1.82, 2.24) is 19.7 Å². The standard InChI is InChI=1S/C44H44F2N6O8/c1-4-36(53)51-22-23-52(38(55)26-51)39-15-11-32(58-39)10-14-37(54)50-20-16-31(17-21-50)49(3)41(56)29-7-5-6-28(24-29)40-27(2)8-13-35(47-40)48-42(57)43(18-19-43)30-9-12-33-34(25-30)60-44(45,46)59-33/h4-9,11-13,15,24-25,31H,1,10,14,16-23,26H2,2-3H3,(H,47,48,57). The molecule has 4 aliphatic rings. The summed E-state index contributed by atoms with van der Waals surface area (Å²) in [6.07, 6.45) is 0.323. The highest BCUT2D eigenvalue weighted by molar-refractivity contribution is 6.01. The Morgan fingerprint density at radius 1 is 0.950 bits per heavy atom. The van der Waals surface area contributed by atoms with Gasteiger partial charge in [-0.15, -0.1) is 8.78 Å². The molecule has 1 N–H and O–H groups in total. The van der Waals surface area contributed by atoms with E-state index in [1.807, 2.05) is 19.1 Å². The van der Waals surface area contributed by atoms with Crippen molar-refractivity contribution in [2.75, 3.05) is 50.0 Å². The third-order valence-electron chi connectivity index (χ3n) is 11.8. The summed E-state index contributed by atoms with van der Waals surface area (Å²) in [5, 5.41) is 2.91. The minimum atomic E-state index is -3.75. The Hall–Kier alpha value is -6.58. The number of hydrogen-bond acceptors (Lipinski definition) is 9. The maximum atomic E-state index is 13.8. The molecule has 3 fully saturated rings. The van der Waals surface area contributed by atoms with E-state index in [4.69, 9.17) is 9.40 Å². The van der Waals surface area contributed by atoms with Gasteiger partial charge in [0.2, 0.25) is 29.5 Å². The summed E-state index contributed by atoms with van der Waals surface area (Å²) in [4.78, 5) is 76.3. The third kappa shape index (κ3) is 8.05. The third-order valence-corrected chi connectivity index (χ3v) is 11.8. The van der Waals surface area contributed by atoms with Crippen molar-refractivity contribution in [3.8, 4) is 22.8 Å². The number of halogens is 2. The molecule has 1 aliphatic carbocycles. The number of nitrogens with zero attached hydrogens (tertiary/aromatic N) is 5. The van der Waals surface area contributed by atoms with Crippen LogP contribution in [0.5, 0.6) is 11.5 Å². The minimum absolute atomic E-state index is 0.0189. The first-order valence-corrected chi connectivity index (χ1v) is 19.9. The molecule has 2 aromatic heterocycles. The minimum Gasteiger partial charge on any atom is -0.445 e. The van der Waals surface area contributed by atoms with Crippen LogP contribution in [0.15, 0.2) is 83.8 Å².